The van der Waals surface area contributed by atoms with Gasteiger partial charge in [0.05, 0.1) is 0 Å². The number of hydrogen-bond donors (Lipinski definition) is 0. The van der Waals surface area contributed by atoms with Crippen molar-refractivity contribution < 1.29 is 0 Å². The average Bonchev–Trinajstić information content (AvgIpc) is 2.35. The Balaban J connectivity index is 2.64. The molecule has 0 N–H and O–H groups in total. The van der Waals surface area contributed by atoms with Gasteiger partial charge in [-0.15, -0.1) is 11.3 Å². The van der Waals surface area contributed by atoms with Gasteiger partial charge in [0.15, 0.2) is 0 Å². The van der Waals surface area contributed by atoms with E-state index >= 15 is 0 Å². The van der Waals surface area contributed by atoms with E-state index in [9.17, 15) is 0 Å². The lowest BCUT2D eigenvalue weighted by Gasteiger charge is -1.93. The van der Waals surface area contributed by atoms with Gasteiger partial charge in [-0.3, -0.25) is 0 Å². The van der Waals surface area contributed by atoms with Crippen LogP contribution in [0.2, 0.25) is 0 Å². The summed E-state index contributed by atoms with van der Waals surface area (Å²) in [4.78, 5) is 2.73. The molecule has 0 saturated heterocycles. The van der Waals surface area contributed by atoms with Crippen molar-refractivity contribution >= 4 is 11.3 Å². The normalized spacial score (nSPS) is 9.55. The van der Waals surface area contributed by atoms with Crippen LogP contribution in [0.15, 0.2) is 36.9 Å². The Morgan fingerprint density at radius 2 is 2.36 bits per heavy atom. The van der Waals surface area contributed by atoms with Crippen molar-refractivity contribution in [3.63, 3.8) is 0 Å². The number of aryl methyl sites for hydroxylation is 1. The summed E-state index contributed by atoms with van der Waals surface area (Å²) >= 11 is 1.82. The SMILES string of the molecule is C=CC(=C)Cc1ccc(C)s1. The zero-order chi connectivity index (χ0) is 8.27. The molecule has 0 radical (unpaired) electrons. The molecule has 1 aromatic rings. The molecule has 0 aliphatic rings. The van der Waals surface area contributed by atoms with E-state index in [4.69, 9.17) is 0 Å². The van der Waals surface area contributed by atoms with E-state index in [0.29, 0.717) is 0 Å². The third-order valence-electron chi connectivity index (χ3n) is 1.49. The average molecular weight is 164 g/mol. The summed E-state index contributed by atoms with van der Waals surface area (Å²) in [6, 6.07) is 4.28. The first-order chi connectivity index (χ1) is 5.22. The number of rotatable bonds is 3. The second-order valence-corrected chi connectivity index (χ2v) is 3.92. The van der Waals surface area contributed by atoms with Gasteiger partial charge in [-0.25, -0.2) is 0 Å². The first-order valence-corrected chi connectivity index (χ1v) is 4.39. The van der Waals surface area contributed by atoms with Crippen molar-refractivity contribution in [2.45, 2.75) is 13.3 Å². The second kappa shape index (κ2) is 3.54. The highest BCUT2D eigenvalue weighted by atomic mass is 32.1. The molecular weight excluding hydrogens is 152 g/mol. The Morgan fingerprint density at radius 3 is 2.82 bits per heavy atom. The lowest BCUT2D eigenvalue weighted by Crippen LogP contribution is -1.79. The van der Waals surface area contributed by atoms with Crippen LogP contribution in [0.3, 0.4) is 0 Å². The monoisotopic (exact) mass is 164 g/mol. The van der Waals surface area contributed by atoms with Crippen LogP contribution in [0, 0.1) is 6.92 Å². The molecule has 1 heteroatoms. The Bertz CT molecular complexity index is 268. The fraction of sp³-hybridized carbons (Fsp3) is 0.200. The fourth-order valence-electron chi connectivity index (χ4n) is 0.876. The van der Waals surface area contributed by atoms with E-state index in [-0.39, 0.29) is 0 Å². The summed E-state index contributed by atoms with van der Waals surface area (Å²) in [6.07, 6.45) is 2.76. The van der Waals surface area contributed by atoms with Crippen molar-refractivity contribution in [1.82, 2.24) is 0 Å². The van der Waals surface area contributed by atoms with Crippen molar-refractivity contribution in [2.24, 2.45) is 0 Å². The van der Waals surface area contributed by atoms with Crippen LogP contribution in [0.4, 0.5) is 0 Å². The topological polar surface area (TPSA) is 0 Å². The molecule has 58 valence electrons. The minimum Gasteiger partial charge on any atom is -0.145 e. The van der Waals surface area contributed by atoms with Gasteiger partial charge < -0.3 is 0 Å². The molecule has 11 heavy (non-hydrogen) atoms. The minimum atomic E-state index is 0.946. The largest absolute Gasteiger partial charge is 0.145 e. The van der Waals surface area contributed by atoms with Crippen LogP contribution in [-0.2, 0) is 6.42 Å². The van der Waals surface area contributed by atoms with Crippen molar-refractivity contribution in [2.75, 3.05) is 0 Å². The van der Waals surface area contributed by atoms with Crippen LogP contribution in [0.5, 0.6) is 0 Å². The maximum absolute atomic E-state index is 3.87. The predicted molar refractivity (Wildman–Crippen MR) is 52.1 cm³/mol. The van der Waals surface area contributed by atoms with Gasteiger partial charge in [0, 0.05) is 16.2 Å². The zero-order valence-electron chi connectivity index (χ0n) is 6.76. The molecule has 0 aliphatic heterocycles. The summed E-state index contributed by atoms with van der Waals surface area (Å²) in [7, 11) is 0. The molecule has 0 unspecified atom stereocenters. The highest BCUT2D eigenvalue weighted by Gasteiger charge is 1.96. The Morgan fingerprint density at radius 1 is 1.64 bits per heavy atom. The van der Waals surface area contributed by atoms with E-state index in [1.165, 1.54) is 9.75 Å². The van der Waals surface area contributed by atoms with E-state index < -0.39 is 0 Å². The van der Waals surface area contributed by atoms with Crippen molar-refractivity contribution in [3.8, 4) is 0 Å². The maximum Gasteiger partial charge on any atom is 0.00916 e. The van der Waals surface area contributed by atoms with E-state index in [2.05, 4.69) is 32.2 Å². The first-order valence-electron chi connectivity index (χ1n) is 3.58. The summed E-state index contributed by atoms with van der Waals surface area (Å²) in [5.41, 5.74) is 1.09. The molecular formula is C10H12S. The van der Waals surface area contributed by atoms with E-state index in [1.54, 1.807) is 0 Å². The Hall–Kier alpha value is -0.820. The van der Waals surface area contributed by atoms with Gasteiger partial charge in [-0.1, -0.05) is 24.8 Å². The van der Waals surface area contributed by atoms with Crippen LogP contribution in [-0.4, -0.2) is 0 Å². The standard InChI is InChI=1S/C10H12S/c1-4-8(2)7-10-6-5-9(3)11-10/h4-6H,1-2,7H2,3H3. The molecule has 0 bridgehead atoms. The lowest BCUT2D eigenvalue weighted by molar-refractivity contribution is 1.26. The molecule has 0 amide bonds. The number of hydrogen-bond acceptors (Lipinski definition) is 1. The Kier molecular flexibility index (Phi) is 2.66. The van der Waals surface area contributed by atoms with Gasteiger partial charge in [0.25, 0.3) is 0 Å². The molecule has 0 atom stereocenters. The third-order valence-corrected chi connectivity index (χ3v) is 2.49. The second-order valence-electron chi connectivity index (χ2n) is 2.55. The minimum absolute atomic E-state index is 0.946. The predicted octanol–water partition coefficient (Wildman–Crippen LogP) is 3.34. The van der Waals surface area contributed by atoms with Gasteiger partial charge >= 0.3 is 0 Å². The highest BCUT2D eigenvalue weighted by molar-refractivity contribution is 7.11. The molecule has 0 spiro atoms. The number of thiophene rings is 1. The lowest BCUT2D eigenvalue weighted by atomic mass is 10.2. The maximum atomic E-state index is 3.87. The molecule has 1 rings (SSSR count). The van der Waals surface area contributed by atoms with Crippen molar-refractivity contribution in [1.29, 1.82) is 0 Å². The molecule has 1 heterocycles. The summed E-state index contributed by atoms with van der Waals surface area (Å²) < 4.78 is 0. The summed E-state index contributed by atoms with van der Waals surface area (Å²) in [5, 5.41) is 0. The van der Waals surface area contributed by atoms with Crippen LogP contribution in [0.25, 0.3) is 0 Å². The van der Waals surface area contributed by atoms with Gasteiger partial charge in [-0.2, -0.15) is 0 Å². The molecule has 0 fully saturated rings. The third kappa shape index (κ3) is 2.35. The van der Waals surface area contributed by atoms with Crippen LogP contribution >= 0.6 is 11.3 Å². The van der Waals surface area contributed by atoms with Crippen LogP contribution in [0.1, 0.15) is 9.75 Å². The smallest absolute Gasteiger partial charge is 0.00916 e. The van der Waals surface area contributed by atoms with Gasteiger partial charge in [-0.05, 0) is 19.1 Å². The van der Waals surface area contributed by atoms with E-state index in [0.717, 1.165) is 12.0 Å². The summed E-state index contributed by atoms with van der Waals surface area (Å²) in [5.74, 6) is 0. The van der Waals surface area contributed by atoms with Crippen molar-refractivity contribution in [3.05, 3.63) is 46.7 Å². The van der Waals surface area contributed by atoms with Gasteiger partial charge in [0.2, 0.25) is 0 Å². The molecule has 0 aliphatic carbocycles. The first kappa shape index (κ1) is 8.28. The number of allylic oxidation sites excluding steroid dienone is 2. The molecule has 1 aromatic heterocycles. The quantitative estimate of drug-likeness (QED) is 0.601. The van der Waals surface area contributed by atoms with Gasteiger partial charge in [0.1, 0.15) is 0 Å². The Labute approximate surface area is 71.9 Å². The summed E-state index contributed by atoms with van der Waals surface area (Å²) in [6.45, 7) is 9.65. The zero-order valence-corrected chi connectivity index (χ0v) is 7.58. The fourth-order valence-corrected chi connectivity index (χ4v) is 1.82. The van der Waals surface area contributed by atoms with E-state index in [1.807, 2.05) is 17.4 Å². The molecule has 0 saturated carbocycles. The molecule has 0 aromatic carbocycles. The molecule has 0 nitrogen and oxygen atoms in total. The highest BCUT2D eigenvalue weighted by Crippen LogP contribution is 2.17. The van der Waals surface area contributed by atoms with Crippen LogP contribution < -0.4 is 0 Å².